The number of nitrogen functional groups attached to an aromatic ring is 1. The topological polar surface area (TPSA) is 91.2 Å². The molecule has 0 aliphatic carbocycles. The van der Waals surface area contributed by atoms with Crippen molar-refractivity contribution in [3.05, 3.63) is 23.0 Å². The van der Waals surface area contributed by atoms with E-state index < -0.39 is 18.0 Å². The van der Waals surface area contributed by atoms with Gasteiger partial charge in [-0.25, -0.2) is 8.78 Å². The third-order valence-electron chi connectivity index (χ3n) is 2.30. The number of halogens is 2. The highest BCUT2D eigenvalue weighted by atomic mass is 19.3. The first-order valence-electron chi connectivity index (χ1n) is 4.82. The van der Waals surface area contributed by atoms with Gasteiger partial charge in [0.1, 0.15) is 0 Å². The maximum absolute atomic E-state index is 12.8. The molecular weight excluding hydrogens is 232 g/mol. The summed E-state index contributed by atoms with van der Waals surface area (Å²) >= 11 is 0. The smallest absolute Gasteiger partial charge is 0.310 e. The highest BCUT2D eigenvalue weighted by Crippen LogP contribution is 2.30. The van der Waals surface area contributed by atoms with Crippen molar-refractivity contribution in [1.29, 1.82) is 0 Å². The Morgan fingerprint density at radius 3 is 2.71 bits per heavy atom. The van der Waals surface area contributed by atoms with E-state index in [9.17, 15) is 13.6 Å². The Labute approximate surface area is 96.8 Å². The van der Waals surface area contributed by atoms with E-state index >= 15 is 0 Å². The molecule has 17 heavy (non-hydrogen) atoms. The van der Waals surface area contributed by atoms with E-state index in [-0.39, 0.29) is 29.9 Å². The minimum Gasteiger partial charge on any atom is -0.469 e. The summed E-state index contributed by atoms with van der Waals surface area (Å²) in [6.07, 6.45) is -1.71. The number of hydrogen-bond donors (Lipinski definition) is 2. The number of alkyl halides is 2. The Morgan fingerprint density at radius 2 is 2.24 bits per heavy atom. The van der Waals surface area contributed by atoms with Gasteiger partial charge in [-0.15, -0.1) is 0 Å². The zero-order valence-corrected chi connectivity index (χ0v) is 9.24. The fraction of sp³-hybridized carbons (Fsp3) is 0.400. The van der Waals surface area contributed by atoms with Crippen molar-refractivity contribution in [3.8, 4) is 0 Å². The molecule has 0 atom stereocenters. The first-order valence-corrected chi connectivity index (χ1v) is 4.82. The summed E-state index contributed by atoms with van der Waals surface area (Å²) in [6, 6.07) is 0. The Bertz CT molecular complexity index is 424. The van der Waals surface area contributed by atoms with Crippen molar-refractivity contribution in [2.75, 3.05) is 12.8 Å². The average Bonchev–Trinajstić information content (AvgIpc) is 2.30. The number of hydrogen-bond acceptors (Lipinski definition) is 5. The van der Waals surface area contributed by atoms with Crippen molar-refractivity contribution in [2.45, 2.75) is 19.4 Å². The molecule has 1 aromatic rings. The van der Waals surface area contributed by atoms with Crippen LogP contribution in [0, 0.1) is 0 Å². The van der Waals surface area contributed by atoms with Crippen LogP contribution in [0.15, 0.2) is 6.20 Å². The van der Waals surface area contributed by atoms with E-state index in [0.717, 1.165) is 0 Å². The number of methoxy groups -OCH3 is 1. The molecule has 0 saturated heterocycles. The molecule has 0 fully saturated rings. The number of nitrogens with two attached hydrogens (primary N) is 2. The number of rotatable bonds is 4. The quantitative estimate of drug-likeness (QED) is 0.765. The fourth-order valence-electron chi connectivity index (χ4n) is 1.40. The zero-order valence-electron chi connectivity index (χ0n) is 9.24. The van der Waals surface area contributed by atoms with E-state index in [0.29, 0.717) is 0 Å². The fourth-order valence-corrected chi connectivity index (χ4v) is 1.40. The van der Waals surface area contributed by atoms with Crippen LogP contribution in [0.4, 0.5) is 14.5 Å². The third-order valence-corrected chi connectivity index (χ3v) is 2.30. The van der Waals surface area contributed by atoms with Gasteiger partial charge in [0, 0.05) is 24.0 Å². The van der Waals surface area contributed by atoms with Crippen molar-refractivity contribution in [1.82, 2.24) is 4.98 Å². The molecule has 1 rings (SSSR count). The molecule has 0 bridgehead atoms. The average molecular weight is 245 g/mol. The second kappa shape index (κ2) is 5.53. The summed E-state index contributed by atoms with van der Waals surface area (Å²) in [4.78, 5) is 14.8. The monoisotopic (exact) mass is 245 g/mol. The lowest BCUT2D eigenvalue weighted by Gasteiger charge is -2.13. The molecule has 0 aliphatic rings. The first-order chi connectivity index (χ1) is 8.01. The molecule has 0 aliphatic heterocycles. The zero-order chi connectivity index (χ0) is 13.0. The van der Waals surface area contributed by atoms with Crippen LogP contribution in [0.2, 0.25) is 0 Å². The van der Waals surface area contributed by atoms with Crippen molar-refractivity contribution in [3.63, 3.8) is 0 Å². The molecule has 0 saturated carbocycles. The van der Waals surface area contributed by atoms with E-state index in [4.69, 9.17) is 11.5 Å². The van der Waals surface area contributed by atoms with Gasteiger partial charge >= 0.3 is 5.97 Å². The Kier molecular flexibility index (Phi) is 4.33. The molecule has 5 nitrogen and oxygen atoms in total. The van der Waals surface area contributed by atoms with Gasteiger partial charge in [-0.2, -0.15) is 0 Å². The van der Waals surface area contributed by atoms with Crippen LogP contribution in [0.3, 0.4) is 0 Å². The van der Waals surface area contributed by atoms with Gasteiger partial charge in [-0.3, -0.25) is 9.78 Å². The number of aromatic nitrogens is 1. The van der Waals surface area contributed by atoms with E-state index in [1.165, 1.54) is 13.3 Å². The van der Waals surface area contributed by atoms with Crippen molar-refractivity contribution < 1.29 is 18.3 Å². The molecule has 1 aromatic heterocycles. The summed E-state index contributed by atoms with van der Waals surface area (Å²) < 4.78 is 30.0. The van der Waals surface area contributed by atoms with Gasteiger partial charge in [0.25, 0.3) is 6.43 Å². The number of anilines is 1. The summed E-state index contributed by atoms with van der Waals surface area (Å²) in [7, 11) is 1.20. The van der Waals surface area contributed by atoms with E-state index in [2.05, 4.69) is 9.72 Å². The normalized spacial score (nSPS) is 10.6. The largest absolute Gasteiger partial charge is 0.469 e. The Morgan fingerprint density at radius 1 is 1.59 bits per heavy atom. The van der Waals surface area contributed by atoms with Crippen molar-refractivity contribution in [2.24, 2.45) is 5.73 Å². The van der Waals surface area contributed by atoms with Gasteiger partial charge < -0.3 is 16.2 Å². The molecule has 0 unspecified atom stereocenters. The molecule has 7 heteroatoms. The number of carbonyl (C=O) groups is 1. The highest BCUT2D eigenvalue weighted by molar-refractivity contribution is 5.75. The molecule has 0 aromatic carbocycles. The Hall–Kier alpha value is -1.76. The Balaban J connectivity index is 3.18. The van der Waals surface area contributed by atoms with Crippen LogP contribution >= 0.6 is 0 Å². The standard InChI is InChI=1S/C10H13F2N3O2/c1-17-7(16)2-5-4-15-6(3-13)8(9(5)14)10(11)12/h4,10H,2-3,13H2,1H3,(H2,14,15). The lowest BCUT2D eigenvalue weighted by Crippen LogP contribution is -2.13. The van der Waals surface area contributed by atoms with Gasteiger partial charge in [0.2, 0.25) is 0 Å². The number of nitrogens with zero attached hydrogens (tertiary/aromatic N) is 1. The SMILES string of the molecule is COC(=O)Cc1cnc(CN)c(C(F)F)c1N. The lowest BCUT2D eigenvalue weighted by atomic mass is 10.1. The van der Waals surface area contributed by atoms with Crippen molar-refractivity contribution >= 4 is 11.7 Å². The third kappa shape index (κ3) is 2.88. The molecule has 1 heterocycles. The van der Waals surface area contributed by atoms with E-state index in [1.807, 2.05) is 0 Å². The summed E-state index contributed by atoms with van der Waals surface area (Å²) in [5.74, 6) is -0.570. The molecular formula is C10H13F2N3O2. The summed E-state index contributed by atoms with van der Waals surface area (Å²) in [5, 5.41) is 0. The van der Waals surface area contributed by atoms with Crippen LogP contribution < -0.4 is 11.5 Å². The number of pyridine rings is 1. The van der Waals surface area contributed by atoms with E-state index in [1.54, 1.807) is 0 Å². The minimum atomic E-state index is -2.78. The highest BCUT2D eigenvalue weighted by Gasteiger charge is 2.20. The number of carbonyl (C=O) groups excluding carboxylic acids is 1. The second-order valence-corrected chi connectivity index (χ2v) is 3.32. The summed E-state index contributed by atoms with van der Waals surface area (Å²) in [6.45, 7) is -0.137. The first kappa shape index (κ1) is 13.3. The molecule has 0 radical (unpaired) electrons. The minimum absolute atomic E-state index is 0.0334. The molecule has 94 valence electrons. The van der Waals surface area contributed by atoms with Crippen LogP contribution in [0.1, 0.15) is 23.2 Å². The lowest BCUT2D eigenvalue weighted by molar-refractivity contribution is -0.139. The predicted molar refractivity (Wildman–Crippen MR) is 57.2 cm³/mol. The molecule has 0 amide bonds. The van der Waals surface area contributed by atoms with Gasteiger partial charge in [0.15, 0.2) is 0 Å². The summed E-state index contributed by atoms with van der Waals surface area (Å²) in [5.41, 5.74) is 10.6. The van der Waals surface area contributed by atoms with Crippen LogP contribution in [-0.4, -0.2) is 18.1 Å². The van der Waals surface area contributed by atoms with Crippen LogP contribution in [0.25, 0.3) is 0 Å². The van der Waals surface area contributed by atoms with Gasteiger partial charge in [-0.1, -0.05) is 0 Å². The van der Waals surface area contributed by atoms with Gasteiger partial charge in [0.05, 0.1) is 24.8 Å². The maximum atomic E-state index is 12.8. The molecule has 0 spiro atoms. The van der Waals surface area contributed by atoms with Crippen LogP contribution in [0.5, 0.6) is 0 Å². The predicted octanol–water partition coefficient (Wildman–Crippen LogP) is 0.776. The van der Waals surface area contributed by atoms with Crippen LogP contribution in [-0.2, 0) is 22.5 Å². The second-order valence-electron chi connectivity index (χ2n) is 3.32. The number of esters is 1. The number of ether oxygens (including phenoxy) is 1. The van der Waals surface area contributed by atoms with Gasteiger partial charge in [-0.05, 0) is 0 Å². The maximum Gasteiger partial charge on any atom is 0.310 e. The molecule has 4 N–H and O–H groups in total.